The molecule has 0 bridgehead atoms. The maximum absolute atomic E-state index is 13.3. The van der Waals surface area contributed by atoms with Crippen molar-refractivity contribution in [1.29, 1.82) is 5.26 Å². The quantitative estimate of drug-likeness (QED) is 0.654. The van der Waals surface area contributed by atoms with Crippen LogP contribution in [-0.4, -0.2) is 22.6 Å². The van der Waals surface area contributed by atoms with Crippen molar-refractivity contribution in [2.45, 2.75) is 0 Å². The first-order valence-electron chi connectivity index (χ1n) is 8.09. The number of halogens is 2. The fraction of sp³-hybridized carbons (Fsp3) is 0.0500. The van der Waals surface area contributed by atoms with Crippen molar-refractivity contribution in [3.63, 3.8) is 0 Å². The predicted octanol–water partition coefficient (Wildman–Crippen LogP) is 4.62. The number of ether oxygens (including phenoxy) is 2. The molecule has 0 fully saturated rings. The highest BCUT2D eigenvalue weighted by Crippen LogP contribution is 2.38. The van der Waals surface area contributed by atoms with Crippen LogP contribution in [0.4, 0.5) is 10.1 Å². The number of pyridine rings is 1. The first-order chi connectivity index (χ1) is 13.6. The van der Waals surface area contributed by atoms with Crippen molar-refractivity contribution in [1.82, 2.24) is 4.98 Å². The lowest BCUT2D eigenvalue weighted by molar-refractivity contribution is 0.174. The SMILES string of the molecule is N#C/C(=N\c1ccc(F)c(Cl)c1)c1ccnc(-c2ccc3c(c2)OCO3)c1O. The maximum atomic E-state index is 13.3. The van der Waals surface area contributed by atoms with Crippen LogP contribution in [0.2, 0.25) is 5.02 Å². The Labute approximate surface area is 164 Å². The third-order valence-corrected chi connectivity index (χ3v) is 4.37. The summed E-state index contributed by atoms with van der Waals surface area (Å²) in [5, 5.41) is 20.1. The minimum atomic E-state index is -0.587. The molecule has 0 spiro atoms. The second-order valence-electron chi connectivity index (χ2n) is 5.79. The molecular formula is C20H11ClFN3O3. The number of hydrogen-bond donors (Lipinski definition) is 1. The summed E-state index contributed by atoms with van der Waals surface area (Å²) in [4.78, 5) is 8.38. The molecule has 2 aromatic carbocycles. The molecule has 2 heterocycles. The van der Waals surface area contributed by atoms with Gasteiger partial charge in [0.1, 0.15) is 17.6 Å². The van der Waals surface area contributed by atoms with Gasteiger partial charge in [0.05, 0.1) is 16.3 Å². The van der Waals surface area contributed by atoms with E-state index in [4.69, 9.17) is 21.1 Å². The van der Waals surface area contributed by atoms with Gasteiger partial charge >= 0.3 is 0 Å². The number of hydrogen-bond acceptors (Lipinski definition) is 6. The van der Waals surface area contributed by atoms with Crippen LogP contribution in [0.25, 0.3) is 11.3 Å². The molecule has 1 aromatic heterocycles. The Morgan fingerprint density at radius 1 is 1.18 bits per heavy atom. The van der Waals surface area contributed by atoms with E-state index in [2.05, 4.69) is 9.98 Å². The summed E-state index contributed by atoms with van der Waals surface area (Å²) in [6, 6.07) is 12.4. The van der Waals surface area contributed by atoms with E-state index in [9.17, 15) is 14.8 Å². The summed E-state index contributed by atoms with van der Waals surface area (Å²) in [5.41, 5.74) is 1.25. The zero-order valence-electron chi connectivity index (χ0n) is 14.2. The lowest BCUT2D eigenvalue weighted by Crippen LogP contribution is -2.00. The Bertz CT molecular complexity index is 1160. The van der Waals surface area contributed by atoms with E-state index in [0.29, 0.717) is 17.1 Å². The van der Waals surface area contributed by atoms with Gasteiger partial charge in [0.15, 0.2) is 23.0 Å². The fourth-order valence-corrected chi connectivity index (χ4v) is 2.90. The molecule has 0 unspecified atom stereocenters. The average molecular weight is 396 g/mol. The molecule has 0 amide bonds. The highest BCUT2D eigenvalue weighted by atomic mass is 35.5. The third kappa shape index (κ3) is 3.21. The average Bonchev–Trinajstić information content (AvgIpc) is 3.17. The second kappa shape index (κ2) is 7.18. The highest BCUT2D eigenvalue weighted by molar-refractivity contribution is 6.31. The van der Waals surface area contributed by atoms with Gasteiger partial charge in [-0.1, -0.05) is 11.6 Å². The fourth-order valence-electron chi connectivity index (χ4n) is 2.73. The Balaban J connectivity index is 1.77. The summed E-state index contributed by atoms with van der Waals surface area (Å²) < 4.78 is 24.0. The number of benzene rings is 2. The van der Waals surface area contributed by atoms with Gasteiger partial charge in [0, 0.05) is 11.8 Å². The summed E-state index contributed by atoms with van der Waals surface area (Å²) in [7, 11) is 0. The molecule has 0 radical (unpaired) electrons. The van der Waals surface area contributed by atoms with Gasteiger partial charge in [0.2, 0.25) is 6.79 Å². The first kappa shape index (κ1) is 17.8. The molecule has 1 aliphatic rings. The van der Waals surface area contributed by atoms with Crippen LogP contribution in [0.3, 0.4) is 0 Å². The third-order valence-electron chi connectivity index (χ3n) is 4.08. The zero-order valence-corrected chi connectivity index (χ0v) is 14.9. The van der Waals surface area contributed by atoms with E-state index >= 15 is 0 Å². The van der Waals surface area contributed by atoms with E-state index < -0.39 is 5.82 Å². The van der Waals surface area contributed by atoms with Gasteiger partial charge in [-0.15, -0.1) is 0 Å². The molecule has 3 aromatic rings. The molecule has 1 aliphatic heterocycles. The van der Waals surface area contributed by atoms with Crippen LogP contribution in [0.15, 0.2) is 53.7 Å². The lowest BCUT2D eigenvalue weighted by atomic mass is 10.0. The van der Waals surface area contributed by atoms with Gasteiger partial charge in [-0.3, -0.25) is 4.98 Å². The molecule has 6 nitrogen and oxygen atoms in total. The Morgan fingerprint density at radius 2 is 2.00 bits per heavy atom. The summed E-state index contributed by atoms with van der Waals surface area (Å²) >= 11 is 5.76. The zero-order chi connectivity index (χ0) is 19.7. The number of nitrogens with zero attached hydrogens (tertiary/aromatic N) is 3. The van der Waals surface area contributed by atoms with Gasteiger partial charge < -0.3 is 14.6 Å². The molecule has 0 aliphatic carbocycles. The van der Waals surface area contributed by atoms with Crippen molar-refractivity contribution >= 4 is 23.0 Å². The van der Waals surface area contributed by atoms with E-state index in [0.717, 1.165) is 6.07 Å². The minimum absolute atomic E-state index is 0.0652. The van der Waals surface area contributed by atoms with E-state index in [1.807, 2.05) is 6.07 Å². The summed E-state index contributed by atoms with van der Waals surface area (Å²) in [6.07, 6.45) is 1.46. The Hall–Kier alpha value is -3.63. The van der Waals surface area contributed by atoms with Gasteiger partial charge in [0.25, 0.3) is 0 Å². The summed E-state index contributed by atoms with van der Waals surface area (Å²) in [6.45, 7) is 0.129. The number of fused-ring (bicyclic) bond motifs is 1. The lowest BCUT2D eigenvalue weighted by Gasteiger charge is -2.09. The van der Waals surface area contributed by atoms with Crippen LogP contribution in [0.5, 0.6) is 17.2 Å². The number of rotatable bonds is 3. The van der Waals surface area contributed by atoms with Crippen molar-refractivity contribution < 1.29 is 19.0 Å². The van der Waals surface area contributed by atoms with Gasteiger partial charge in [-0.2, -0.15) is 5.26 Å². The van der Waals surface area contributed by atoms with Crippen LogP contribution in [0, 0.1) is 17.1 Å². The predicted molar refractivity (Wildman–Crippen MR) is 101 cm³/mol. The van der Waals surface area contributed by atoms with Crippen LogP contribution in [0.1, 0.15) is 5.56 Å². The Kier molecular flexibility index (Phi) is 4.55. The normalized spacial score (nSPS) is 12.7. The van der Waals surface area contributed by atoms with Crippen LogP contribution >= 0.6 is 11.6 Å². The maximum Gasteiger partial charge on any atom is 0.231 e. The van der Waals surface area contributed by atoms with Crippen LogP contribution < -0.4 is 9.47 Å². The molecular weight excluding hydrogens is 385 g/mol. The molecule has 138 valence electrons. The van der Waals surface area contributed by atoms with E-state index in [-0.39, 0.29) is 40.2 Å². The van der Waals surface area contributed by atoms with Crippen LogP contribution in [-0.2, 0) is 0 Å². The molecule has 4 rings (SSSR count). The minimum Gasteiger partial charge on any atom is -0.505 e. The first-order valence-corrected chi connectivity index (χ1v) is 8.47. The van der Waals surface area contributed by atoms with Crippen molar-refractivity contribution in [2.24, 2.45) is 4.99 Å². The molecule has 1 N–H and O–H groups in total. The monoisotopic (exact) mass is 395 g/mol. The standard InChI is InChI=1S/C20H11ClFN3O3/c21-14-8-12(2-3-15(14)22)25-16(9-23)13-5-6-24-19(20(13)26)11-1-4-17-18(7-11)28-10-27-17/h1-8,26H,10H2/b25-16+. The highest BCUT2D eigenvalue weighted by Gasteiger charge is 2.19. The van der Waals surface area contributed by atoms with E-state index in [1.54, 1.807) is 18.2 Å². The van der Waals surface area contributed by atoms with Gasteiger partial charge in [-0.05, 0) is 42.5 Å². The molecule has 28 heavy (non-hydrogen) atoms. The molecule has 0 atom stereocenters. The topological polar surface area (TPSA) is 87.7 Å². The number of nitriles is 1. The molecule has 8 heteroatoms. The number of aromatic nitrogens is 1. The van der Waals surface area contributed by atoms with Gasteiger partial charge in [-0.25, -0.2) is 9.38 Å². The Morgan fingerprint density at radius 3 is 2.79 bits per heavy atom. The van der Waals surface area contributed by atoms with Crippen molar-refractivity contribution in [3.05, 3.63) is 65.1 Å². The second-order valence-corrected chi connectivity index (χ2v) is 6.20. The molecule has 0 saturated heterocycles. The number of aromatic hydroxyl groups is 1. The van der Waals surface area contributed by atoms with Crippen molar-refractivity contribution in [3.8, 4) is 34.6 Å². The van der Waals surface area contributed by atoms with E-state index in [1.165, 1.54) is 24.4 Å². The smallest absolute Gasteiger partial charge is 0.231 e. The number of aliphatic imine (C=N–C) groups is 1. The molecule has 0 saturated carbocycles. The van der Waals surface area contributed by atoms with Crippen molar-refractivity contribution in [2.75, 3.05) is 6.79 Å². The summed E-state index contributed by atoms with van der Waals surface area (Å²) in [5.74, 6) is 0.344. The largest absolute Gasteiger partial charge is 0.505 e.